The summed E-state index contributed by atoms with van der Waals surface area (Å²) >= 11 is 0. The highest BCUT2D eigenvalue weighted by Crippen LogP contribution is 2.24. The summed E-state index contributed by atoms with van der Waals surface area (Å²) in [6, 6.07) is 20.7. The number of nitrogens with one attached hydrogen (secondary N) is 1. The first kappa shape index (κ1) is 21.0. The molecular weight excluding hydrogens is 386 g/mol. The van der Waals surface area contributed by atoms with Gasteiger partial charge in [-0.15, -0.1) is 5.10 Å². The van der Waals surface area contributed by atoms with Gasteiger partial charge in [-0.25, -0.2) is 4.68 Å². The predicted molar refractivity (Wildman–Crippen MR) is 122 cm³/mol. The molecule has 6 heteroatoms. The van der Waals surface area contributed by atoms with Gasteiger partial charge in [0.1, 0.15) is 0 Å². The second-order valence-corrected chi connectivity index (χ2v) is 7.87. The van der Waals surface area contributed by atoms with Gasteiger partial charge in [0.05, 0.1) is 18.8 Å². The molecule has 1 N–H and O–H groups in total. The molecular formula is C25H29N5O. The third kappa shape index (κ3) is 5.89. The topological polar surface area (TPSA) is 63.1 Å². The number of carbonyl (C=O) groups excluding carboxylic acids is 1. The van der Waals surface area contributed by atoms with Crippen LogP contribution in [0.3, 0.4) is 0 Å². The maximum absolute atomic E-state index is 12.7. The van der Waals surface area contributed by atoms with Gasteiger partial charge in [-0.2, -0.15) is 0 Å². The zero-order valence-corrected chi connectivity index (χ0v) is 17.7. The maximum Gasteiger partial charge on any atom is 0.273 e. The first-order valence-corrected chi connectivity index (χ1v) is 11.0. The van der Waals surface area contributed by atoms with Crippen LogP contribution >= 0.6 is 0 Å². The largest absolute Gasteiger partial charge is 0.349 e. The van der Waals surface area contributed by atoms with E-state index in [-0.39, 0.29) is 11.9 Å². The summed E-state index contributed by atoms with van der Waals surface area (Å²) in [6.07, 6.45) is 9.44. The third-order valence-corrected chi connectivity index (χ3v) is 5.65. The third-order valence-electron chi connectivity index (χ3n) is 5.65. The van der Waals surface area contributed by atoms with E-state index in [0.29, 0.717) is 18.8 Å². The maximum atomic E-state index is 12.7. The number of carbonyl (C=O) groups is 1. The highest BCUT2D eigenvalue weighted by Gasteiger charge is 2.23. The molecule has 4 rings (SSSR count). The van der Waals surface area contributed by atoms with E-state index in [9.17, 15) is 4.79 Å². The van der Waals surface area contributed by atoms with Crippen molar-refractivity contribution in [3.8, 4) is 0 Å². The summed E-state index contributed by atoms with van der Waals surface area (Å²) in [4.78, 5) is 15.2. The summed E-state index contributed by atoms with van der Waals surface area (Å²) in [5, 5.41) is 11.2. The van der Waals surface area contributed by atoms with Crippen LogP contribution in [-0.4, -0.2) is 45.4 Å². The molecule has 1 unspecified atom stereocenters. The van der Waals surface area contributed by atoms with Crippen LogP contribution < -0.4 is 5.32 Å². The summed E-state index contributed by atoms with van der Waals surface area (Å²) in [5.41, 5.74) is 2.71. The van der Waals surface area contributed by atoms with E-state index in [0.717, 1.165) is 18.7 Å². The molecule has 1 fully saturated rings. The van der Waals surface area contributed by atoms with E-state index in [1.807, 2.05) is 48.6 Å². The number of rotatable bonds is 8. The molecule has 1 aromatic heterocycles. The first-order valence-electron chi connectivity index (χ1n) is 11.0. The average molecular weight is 416 g/mol. The predicted octanol–water partition coefficient (Wildman–Crippen LogP) is 3.95. The lowest BCUT2D eigenvalue weighted by atomic mass is 10.0. The number of amides is 1. The fourth-order valence-electron chi connectivity index (χ4n) is 4.00. The van der Waals surface area contributed by atoms with Gasteiger partial charge < -0.3 is 5.32 Å². The summed E-state index contributed by atoms with van der Waals surface area (Å²) in [7, 11) is 0. The molecule has 6 nitrogen and oxygen atoms in total. The average Bonchev–Trinajstić information content (AvgIpc) is 3.30. The number of aromatic nitrogens is 3. The SMILES string of the molecule is O=C(NCC(c1ccccc1)N1CCCCC1)c1cn(CC=Cc2ccccc2)nn1. The fourth-order valence-corrected chi connectivity index (χ4v) is 4.00. The lowest BCUT2D eigenvalue weighted by Gasteiger charge is -2.35. The van der Waals surface area contributed by atoms with Crippen molar-refractivity contribution in [2.45, 2.75) is 31.8 Å². The van der Waals surface area contributed by atoms with Crippen LogP contribution in [0.15, 0.2) is 72.9 Å². The molecule has 3 aromatic rings. The molecule has 1 saturated heterocycles. The second kappa shape index (κ2) is 10.7. The number of nitrogens with zero attached hydrogens (tertiary/aromatic N) is 4. The van der Waals surface area contributed by atoms with Gasteiger partial charge in [-0.05, 0) is 37.1 Å². The minimum Gasteiger partial charge on any atom is -0.349 e. The Hall–Kier alpha value is -3.25. The molecule has 0 saturated carbocycles. The zero-order chi connectivity index (χ0) is 21.3. The van der Waals surface area contributed by atoms with Gasteiger partial charge >= 0.3 is 0 Å². The van der Waals surface area contributed by atoms with E-state index in [1.165, 1.54) is 24.8 Å². The molecule has 0 bridgehead atoms. The van der Waals surface area contributed by atoms with E-state index < -0.39 is 0 Å². The Balaban J connectivity index is 1.35. The van der Waals surface area contributed by atoms with Crippen LogP contribution in [0.1, 0.15) is 46.9 Å². The quantitative estimate of drug-likeness (QED) is 0.605. The molecule has 2 aromatic carbocycles. The number of allylic oxidation sites excluding steroid dienone is 1. The molecule has 0 aliphatic carbocycles. The number of likely N-dealkylation sites (tertiary alicyclic amines) is 1. The van der Waals surface area contributed by atoms with Crippen LogP contribution in [0, 0.1) is 0 Å². The molecule has 1 atom stereocenters. The van der Waals surface area contributed by atoms with Gasteiger partial charge in [-0.1, -0.05) is 84.4 Å². The molecule has 160 valence electrons. The van der Waals surface area contributed by atoms with E-state index in [2.05, 4.69) is 44.8 Å². The Morgan fingerprint density at radius 2 is 1.71 bits per heavy atom. The highest BCUT2D eigenvalue weighted by molar-refractivity contribution is 5.91. The van der Waals surface area contributed by atoms with Crippen molar-refractivity contribution in [1.82, 2.24) is 25.2 Å². The van der Waals surface area contributed by atoms with Gasteiger partial charge in [0.15, 0.2) is 5.69 Å². The normalized spacial score (nSPS) is 15.7. The van der Waals surface area contributed by atoms with Crippen molar-refractivity contribution in [2.75, 3.05) is 19.6 Å². The van der Waals surface area contributed by atoms with Crippen LogP contribution in [0.5, 0.6) is 0 Å². The minimum atomic E-state index is -0.184. The highest BCUT2D eigenvalue weighted by atomic mass is 16.2. The van der Waals surface area contributed by atoms with Crippen LogP contribution in [0.2, 0.25) is 0 Å². The number of hydrogen-bond acceptors (Lipinski definition) is 4. The Morgan fingerprint density at radius 3 is 2.45 bits per heavy atom. The van der Waals surface area contributed by atoms with Crippen molar-refractivity contribution >= 4 is 12.0 Å². The van der Waals surface area contributed by atoms with Gasteiger partial charge in [0.25, 0.3) is 5.91 Å². The Kier molecular flexibility index (Phi) is 7.24. The van der Waals surface area contributed by atoms with Gasteiger partial charge in [0, 0.05) is 6.54 Å². The van der Waals surface area contributed by atoms with Crippen LogP contribution in [0.4, 0.5) is 0 Å². The Bertz CT molecular complexity index is 977. The van der Waals surface area contributed by atoms with Crippen molar-refractivity contribution in [2.24, 2.45) is 0 Å². The molecule has 0 spiro atoms. The second-order valence-electron chi connectivity index (χ2n) is 7.87. The van der Waals surface area contributed by atoms with E-state index >= 15 is 0 Å². The van der Waals surface area contributed by atoms with Gasteiger partial charge in [0.2, 0.25) is 0 Å². The molecule has 1 aliphatic heterocycles. The van der Waals surface area contributed by atoms with Crippen molar-refractivity contribution in [1.29, 1.82) is 0 Å². The molecule has 0 radical (unpaired) electrons. The number of benzene rings is 2. The number of hydrogen-bond donors (Lipinski definition) is 1. The van der Waals surface area contributed by atoms with E-state index in [1.54, 1.807) is 10.9 Å². The molecule has 1 aliphatic rings. The van der Waals surface area contributed by atoms with Crippen LogP contribution in [-0.2, 0) is 6.54 Å². The standard InChI is InChI=1S/C25H29N5O/c31-25(23-20-30(28-27-23)18-10-13-21-11-4-1-5-12-21)26-19-24(22-14-6-2-7-15-22)29-16-8-3-9-17-29/h1-2,4-7,10-15,20,24H,3,8-9,16-19H2,(H,26,31). The first-order chi connectivity index (χ1) is 15.3. The summed E-state index contributed by atoms with van der Waals surface area (Å²) in [5.74, 6) is -0.184. The molecule has 1 amide bonds. The number of piperidine rings is 1. The zero-order valence-electron chi connectivity index (χ0n) is 17.7. The monoisotopic (exact) mass is 415 g/mol. The smallest absolute Gasteiger partial charge is 0.273 e. The lowest BCUT2D eigenvalue weighted by molar-refractivity contribution is 0.0919. The minimum absolute atomic E-state index is 0.175. The molecule has 2 heterocycles. The summed E-state index contributed by atoms with van der Waals surface area (Å²) in [6.45, 7) is 3.26. The fraction of sp³-hybridized carbons (Fsp3) is 0.320. The van der Waals surface area contributed by atoms with Crippen molar-refractivity contribution in [3.05, 3.63) is 89.8 Å². The molecule has 31 heavy (non-hydrogen) atoms. The van der Waals surface area contributed by atoms with Crippen molar-refractivity contribution < 1.29 is 4.79 Å². The van der Waals surface area contributed by atoms with E-state index in [4.69, 9.17) is 0 Å². The lowest BCUT2D eigenvalue weighted by Crippen LogP contribution is -2.40. The summed E-state index contributed by atoms with van der Waals surface area (Å²) < 4.78 is 1.67. The Labute approximate surface area is 183 Å². The van der Waals surface area contributed by atoms with Crippen molar-refractivity contribution in [3.63, 3.8) is 0 Å². The van der Waals surface area contributed by atoms with Crippen LogP contribution in [0.25, 0.3) is 6.08 Å². The van der Waals surface area contributed by atoms with Gasteiger partial charge in [-0.3, -0.25) is 9.69 Å². The Morgan fingerprint density at radius 1 is 1.00 bits per heavy atom.